The minimum atomic E-state index is -1.06. The maximum atomic E-state index is 12.3. The molecule has 33 heavy (non-hydrogen) atoms. The minimum absolute atomic E-state index is 0.365. The zero-order valence-electron chi connectivity index (χ0n) is 17.4. The second kappa shape index (κ2) is 8.76. The molecule has 0 fully saturated rings. The van der Waals surface area contributed by atoms with Crippen LogP contribution >= 0.6 is 11.6 Å². The molecule has 0 spiro atoms. The number of hydrogen-bond donors (Lipinski definition) is 3. The van der Waals surface area contributed by atoms with Gasteiger partial charge in [-0.2, -0.15) is 4.98 Å². The molecule has 0 aliphatic carbocycles. The quantitative estimate of drug-likeness (QED) is 0.342. The summed E-state index contributed by atoms with van der Waals surface area (Å²) in [4.78, 5) is 26.6. The number of anilines is 6. The van der Waals surface area contributed by atoms with Crippen LogP contribution in [0.25, 0.3) is 0 Å². The van der Waals surface area contributed by atoms with Gasteiger partial charge in [-0.05, 0) is 60.4 Å². The molecule has 5 rings (SSSR count). The summed E-state index contributed by atoms with van der Waals surface area (Å²) >= 11 is 6.32. The number of nitrogens with one attached hydrogen (secondary N) is 2. The van der Waals surface area contributed by atoms with E-state index in [0.717, 1.165) is 22.5 Å². The molecular weight excluding hydrogens is 440 g/mol. The van der Waals surface area contributed by atoms with Gasteiger partial charge in [0, 0.05) is 11.9 Å². The summed E-state index contributed by atoms with van der Waals surface area (Å²) in [6.45, 7) is 0. The smallest absolute Gasteiger partial charge is 0.416 e. The van der Waals surface area contributed by atoms with E-state index in [-0.39, 0.29) is 0 Å². The lowest BCUT2D eigenvalue weighted by atomic mass is 10.0. The third-order valence-electron chi connectivity index (χ3n) is 5.27. The van der Waals surface area contributed by atoms with E-state index in [9.17, 15) is 9.90 Å². The van der Waals surface area contributed by atoms with Crippen molar-refractivity contribution in [3.05, 3.63) is 89.3 Å². The van der Waals surface area contributed by atoms with Crippen molar-refractivity contribution in [3.63, 3.8) is 0 Å². The molecule has 8 nitrogen and oxygen atoms in total. The average molecular weight is 459 g/mol. The number of nitrogens with zero attached hydrogens (tertiary/aromatic N) is 4. The molecule has 0 saturated carbocycles. The molecule has 6 bridgehead atoms. The average Bonchev–Trinajstić information content (AvgIpc) is 2.82. The van der Waals surface area contributed by atoms with Crippen LogP contribution in [-0.4, -0.2) is 26.2 Å². The lowest BCUT2D eigenvalue weighted by Gasteiger charge is -2.23. The van der Waals surface area contributed by atoms with Gasteiger partial charge >= 0.3 is 6.09 Å². The van der Waals surface area contributed by atoms with Gasteiger partial charge in [-0.15, -0.1) is 0 Å². The van der Waals surface area contributed by atoms with Crippen molar-refractivity contribution in [2.24, 2.45) is 0 Å². The first-order valence-corrected chi connectivity index (χ1v) is 10.7. The number of halogens is 1. The van der Waals surface area contributed by atoms with E-state index in [1.807, 2.05) is 36.4 Å². The van der Waals surface area contributed by atoms with Crippen LogP contribution in [0.1, 0.15) is 11.1 Å². The fraction of sp³-hybridized carbons (Fsp3) is 0.0833. The van der Waals surface area contributed by atoms with Crippen LogP contribution in [0.15, 0.2) is 73.2 Å². The van der Waals surface area contributed by atoms with E-state index in [1.54, 1.807) is 30.6 Å². The number of aromatic nitrogens is 3. The predicted octanol–water partition coefficient (Wildman–Crippen LogP) is 5.93. The molecule has 2 aromatic carbocycles. The van der Waals surface area contributed by atoms with Gasteiger partial charge in [-0.25, -0.2) is 14.7 Å². The number of benzene rings is 2. The van der Waals surface area contributed by atoms with E-state index in [2.05, 4.69) is 25.6 Å². The molecule has 1 aliphatic heterocycles. The highest BCUT2D eigenvalue weighted by Crippen LogP contribution is 2.34. The number of para-hydroxylation sites is 1. The highest BCUT2D eigenvalue weighted by molar-refractivity contribution is 6.32. The number of fused-ring (bicyclic) bond motifs is 6. The number of hydrogen-bond acceptors (Lipinski definition) is 6. The normalized spacial score (nSPS) is 12.3. The summed E-state index contributed by atoms with van der Waals surface area (Å²) < 4.78 is 0. The Bertz CT molecular complexity index is 1330. The van der Waals surface area contributed by atoms with Crippen LogP contribution in [0.3, 0.4) is 0 Å². The van der Waals surface area contributed by atoms with Crippen LogP contribution in [0.2, 0.25) is 5.02 Å². The van der Waals surface area contributed by atoms with Gasteiger partial charge in [-0.1, -0.05) is 29.8 Å². The number of aryl methyl sites for hydroxylation is 2. The first-order valence-electron chi connectivity index (χ1n) is 10.3. The van der Waals surface area contributed by atoms with Gasteiger partial charge < -0.3 is 15.7 Å². The first kappa shape index (κ1) is 20.7. The van der Waals surface area contributed by atoms with Gasteiger partial charge in [0.25, 0.3) is 0 Å². The maximum Gasteiger partial charge on any atom is 0.416 e. The van der Waals surface area contributed by atoms with Crippen LogP contribution in [0.5, 0.6) is 0 Å². The van der Waals surface area contributed by atoms with Crippen molar-refractivity contribution < 1.29 is 9.90 Å². The van der Waals surface area contributed by atoms with Gasteiger partial charge in [0.15, 0.2) is 5.82 Å². The molecule has 1 amide bonds. The first-order chi connectivity index (χ1) is 16.1. The van der Waals surface area contributed by atoms with Crippen molar-refractivity contribution in [1.29, 1.82) is 0 Å². The lowest BCUT2D eigenvalue weighted by molar-refractivity contribution is 0.204. The van der Waals surface area contributed by atoms with Crippen molar-refractivity contribution in [1.82, 2.24) is 15.0 Å². The predicted molar refractivity (Wildman–Crippen MR) is 128 cm³/mol. The third-order valence-corrected chi connectivity index (χ3v) is 5.54. The van der Waals surface area contributed by atoms with Crippen LogP contribution < -0.4 is 15.5 Å². The number of pyridine rings is 1. The van der Waals surface area contributed by atoms with Gasteiger partial charge in [-0.3, -0.25) is 4.98 Å². The molecule has 0 atom stereocenters. The van der Waals surface area contributed by atoms with Crippen molar-refractivity contribution in [2.75, 3.05) is 15.5 Å². The van der Waals surface area contributed by atoms with Crippen molar-refractivity contribution >= 4 is 52.2 Å². The molecule has 3 heterocycles. The summed E-state index contributed by atoms with van der Waals surface area (Å²) in [7, 11) is 0. The lowest BCUT2D eigenvalue weighted by Crippen LogP contribution is -2.25. The van der Waals surface area contributed by atoms with E-state index < -0.39 is 6.09 Å². The van der Waals surface area contributed by atoms with Crippen LogP contribution in [-0.2, 0) is 12.8 Å². The summed E-state index contributed by atoms with van der Waals surface area (Å²) in [6.07, 6.45) is 5.22. The molecule has 3 N–H and O–H groups in total. The molecule has 9 heteroatoms. The minimum Gasteiger partial charge on any atom is -0.464 e. The van der Waals surface area contributed by atoms with Gasteiger partial charge in [0.1, 0.15) is 5.02 Å². The van der Waals surface area contributed by atoms with E-state index in [0.29, 0.717) is 41.0 Å². The van der Waals surface area contributed by atoms with Gasteiger partial charge in [0.2, 0.25) is 5.95 Å². The fourth-order valence-electron chi connectivity index (χ4n) is 3.76. The summed E-state index contributed by atoms with van der Waals surface area (Å²) in [5.74, 6) is 0.826. The Morgan fingerprint density at radius 2 is 1.82 bits per heavy atom. The van der Waals surface area contributed by atoms with Gasteiger partial charge in [0.05, 0.1) is 29.5 Å². The SMILES string of the molecule is O=C(O)N(c1ccccc1)c1ccc2cc1CCc1cncc(c1)Nc1ncc(Cl)c(n1)N2. The monoisotopic (exact) mass is 458 g/mol. The van der Waals surface area contributed by atoms with E-state index >= 15 is 0 Å². The van der Waals surface area contributed by atoms with Crippen LogP contribution in [0, 0.1) is 0 Å². The highest BCUT2D eigenvalue weighted by Gasteiger charge is 2.21. The fourth-order valence-corrected chi connectivity index (χ4v) is 3.90. The molecular formula is C24H19ClN6O2. The van der Waals surface area contributed by atoms with E-state index in [4.69, 9.17) is 11.6 Å². The Kier molecular flexibility index (Phi) is 5.50. The zero-order chi connectivity index (χ0) is 22.8. The maximum absolute atomic E-state index is 12.3. The molecule has 0 saturated heterocycles. The Morgan fingerprint density at radius 1 is 0.970 bits per heavy atom. The Hall–Kier alpha value is -4.17. The Balaban J connectivity index is 1.64. The topological polar surface area (TPSA) is 103 Å². The summed E-state index contributed by atoms with van der Waals surface area (Å²) in [5, 5.41) is 16.8. The van der Waals surface area contributed by atoms with Crippen molar-refractivity contribution in [2.45, 2.75) is 12.8 Å². The molecule has 2 aromatic heterocycles. The zero-order valence-corrected chi connectivity index (χ0v) is 18.1. The molecule has 164 valence electrons. The molecule has 1 aliphatic rings. The second-order valence-electron chi connectivity index (χ2n) is 7.52. The molecule has 0 radical (unpaired) electrons. The molecule has 0 unspecified atom stereocenters. The summed E-state index contributed by atoms with van der Waals surface area (Å²) in [5.41, 5.74) is 4.51. The third kappa shape index (κ3) is 4.42. The Labute approximate surface area is 194 Å². The summed E-state index contributed by atoms with van der Waals surface area (Å²) in [6, 6.07) is 16.5. The Morgan fingerprint density at radius 3 is 2.64 bits per heavy atom. The number of carboxylic acid groups (broad SMARTS) is 1. The number of rotatable bonds is 2. The second-order valence-corrected chi connectivity index (χ2v) is 7.93. The van der Waals surface area contributed by atoms with E-state index in [1.165, 1.54) is 11.1 Å². The van der Waals surface area contributed by atoms with Crippen molar-refractivity contribution in [3.8, 4) is 0 Å². The standard InChI is InChI=1S/C24H19ClN6O2/c25-20-14-27-23-29-18-10-15(12-26-13-18)6-7-16-11-17(28-22(20)30-23)8-9-21(16)31(24(32)33)19-4-2-1-3-5-19/h1-5,8-14H,6-7H2,(H,32,33)(H2,27,28,29,30). The highest BCUT2D eigenvalue weighted by atomic mass is 35.5. The number of amides is 1. The largest absolute Gasteiger partial charge is 0.464 e. The van der Waals surface area contributed by atoms with Crippen LogP contribution in [0.4, 0.5) is 39.3 Å². The molecule has 4 aromatic rings. The number of carbonyl (C=O) groups is 1.